The van der Waals surface area contributed by atoms with Crippen LogP contribution in [0.1, 0.15) is 39.1 Å². The predicted molar refractivity (Wildman–Crippen MR) is 150 cm³/mol. The molecule has 6 heteroatoms. The fourth-order valence-electron chi connectivity index (χ4n) is 4.74. The Kier molecular flexibility index (Phi) is 4.73. The molecule has 0 aliphatic carbocycles. The Morgan fingerprint density at radius 1 is 0.921 bits per heavy atom. The minimum absolute atomic E-state index is 0.0491. The van der Waals surface area contributed by atoms with E-state index < -0.39 is 24.0 Å². The first-order chi connectivity index (χ1) is 20.7. The van der Waals surface area contributed by atoms with Crippen molar-refractivity contribution in [1.29, 1.82) is 0 Å². The molecule has 1 aliphatic heterocycles. The van der Waals surface area contributed by atoms with Crippen LogP contribution in [0.4, 0.5) is 11.4 Å². The zero-order valence-corrected chi connectivity index (χ0v) is 20.6. The maximum Gasteiger partial charge on any atom is 0.258 e. The number of para-hydroxylation sites is 1. The number of fused-ring (bicyclic) bond motifs is 3. The van der Waals surface area contributed by atoms with Crippen LogP contribution in [0.2, 0.25) is 0 Å². The van der Waals surface area contributed by atoms with Crippen molar-refractivity contribution in [3.63, 3.8) is 0 Å². The Hall–Kier alpha value is -4.97. The van der Waals surface area contributed by atoms with E-state index in [4.69, 9.17) is 6.85 Å². The van der Waals surface area contributed by atoms with Gasteiger partial charge in [0.2, 0.25) is 0 Å². The number of aromatic nitrogens is 2. The molecule has 0 atom stereocenters. The third-order valence-corrected chi connectivity index (χ3v) is 6.51. The van der Waals surface area contributed by atoms with E-state index >= 15 is 0 Å². The number of aromatic amines is 1. The quantitative estimate of drug-likeness (QED) is 0.294. The van der Waals surface area contributed by atoms with Crippen LogP contribution in [0.25, 0.3) is 22.4 Å². The highest BCUT2D eigenvalue weighted by atomic mass is 16.2. The maximum absolute atomic E-state index is 13.7. The SMILES string of the molecule is [2H]c1c([2H])c([2H])c(-c2ccccc2C(=O)Nc2ccc(C(=O)N3CCc4[nH]c(C)nc4-c4ccccc43)cc2)c([2H])c1[2H]. The molecule has 0 unspecified atom stereocenters. The molecule has 0 saturated heterocycles. The molecule has 1 aliphatic rings. The summed E-state index contributed by atoms with van der Waals surface area (Å²) in [6.45, 7) is 2.38. The Balaban J connectivity index is 1.26. The van der Waals surface area contributed by atoms with Crippen LogP contribution in [0.3, 0.4) is 0 Å². The third-order valence-electron chi connectivity index (χ3n) is 6.51. The molecule has 6 nitrogen and oxygen atoms in total. The van der Waals surface area contributed by atoms with Crippen molar-refractivity contribution in [3.8, 4) is 22.4 Å². The van der Waals surface area contributed by atoms with Gasteiger partial charge in [0, 0.05) is 41.0 Å². The van der Waals surface area contributed by atoms with Crippen LogP contribution >= 0.6 is 0 Å². The molecule has 1 aromatic heterocycles. The maximum atomic E-state index is 13.7. The number of rotatable bonds is 4. The molecule has 2 heterocycles. The second kappa shape index (κ2) is 9.82. The molecule has 0 fully saturated rings. The van der Waals surface area contributed by atoms with E-state index in [-0.39, 0.29) is 34.7 Å². The molecule has 0 saturated carbocycles. The molecule has 2 N–H and O–H groups in total. The van der Waals surface area contributed by atoms with Gasteiger partial charge in [-0.2, -0.15) is 0 Å². The van der Waals surface area contributed by atoms with E-state index in [2.05, 4.69) is 15.3 Å². The molecule has 0 bridgehead atoms. The zero-order valence-electron chi connectivity index (χ0n) is 25.6. The highest BCUT2D eigenvalue weighted by Crippen LogP contribution is 2.36. The van der Waals surface area contributed by atoms with Gasteiger partial charge in [0.25, 0.3) is 11.8 Å². The molecule has 0 radical (unpaired) electrons. The van der Waals surface area contributed by atoms with E-state index in [1.165, 1.54) is 6.07 Å². The van der Waals surface area contributed by atoms with Gasteiger partial charge in [-0.3, -0.25) is 9.59 Å². The van der Waals surface area contributed by atoms with Crippen molar-refractivity contribution < 1.29 is 16.4 Å². The van der Waals surface area contributed by atoms with E-state index in [1.807, 2.05) is 31.2 Å². The molecular weight excluding hydrogens is 472 g/mol. The molecule has 0 spiro atoms. The Bertz CT molecular complexity index is 1890. The standard InChI is InChI=1S/C32H26N4O2/c1-21-33-28-19-20-36(29-14-8-7-13-27(29)30(28)34-21)32(38)23-15-17-24(18-16-23)35-31(37)26-12-6-5-11-25(26)22-9-3-2-4-10-22/h2-18H,19-20H2,1H3,(H,33,34)(H,35,37)/i2D,3D,4D,9D,10D. The Labute approximate surface area is 228 Å². The Morgan fingerprint density at radius 3 is 2.42 bits per heavy atom. The van der Waals surface area contributed by atoms with Gasteiger partial charge in [-0.15, -0.1) is 0 Å². The number of anilines is 2. The van der Waals surface area contributed by atoms with Crippen LogP contribution in [0, 0.1) is 6.92 Å². The normalized spacial score (nSPS) is 14.1. The number of nitrogens with one attached hydrogen (secondary N) is 2. The number of H-pyrrole nitrogens is 1. The van der Waals surface area contributed by atoms with Crippen LogP contribution in [0.15, 0.2) is 103 Å². The lowest BCUT2D eigenvalue weighted by atomic mass is 9.99. The molecule has 4 aromatic carbocycles. The highest BCUT2D eigenvalue weighted by molar-refractivity contribution is 6.10. The van der Waals surface area contributed by atoms with Gasteiger partial charge >= 0.3 is 0 Å². The fraction of sp³-hybridized carbons (Fsp3) is 0.0938. The number of hydrogen-bond acceptors (Lipinski definition) is 3. The summed E-state index contributed by atoms with van der Waals surface area (Å²) in [6.07, 6.45) is 0.623. The molecule has 38 heavy (non-hydrogen) atoms. The minimum atomic E-state index is -0.521. The van der Waals surface area contributed by atoms with E-state index in [9.17, 15) is 9.59 Å². The van der Waals surface area contributed by atoms with Gasteiger partial charge in [-0.05, 0) is 54.4 Å². The molecule has 5 aromatic rings. The van der Waals surface area contributed by atoms with Gasteiger partial charge in [0.05, 0.1) is 18.2 Å². The van der Waals surface area contributed by atoms with E-state index in [0.717, 1.165) is 28.5 Å². The lowest BCUT2D eigenvalue weighted by molar-refractivity contribution is 0.0986. The zero-order chi connectivity index (χ0) is 30.4. The summed E-state index contributed by atoms with van der Waals surface area (Å²) in [5, 5.41) is 2.80. The van der Waals surface area contributed by atoms with Crippen molar-refractivity contribution >= 4 is 23.2 Å². The summed E-state index contributed by atoms with van der Waals surface area (Å²) in [5.74, 6) is 0.124. The van der Waals surface area contributed by atoms with Gasteiger partial charge in [-0.1, -0.05) is 66.6 Å². The van der Waals surface area contributed by atoms with Crippen LogP contribution in [-0.2, 0) is 6.42 Å². The summed E-state index contributed by atoms with van der Waals surface area (Å²) in [6, 6.07) is 18.4. The first-order valence-electron chi connectivity index (χ1n) is 14.7. The second-order valence-corrected chi connectivity index (χ2v) is 8.95. The predicted octanol–water partition coefficient (Wildman–Crippen LogP) is 6.51. The molecule has 186 valence electrons. The Morgan fingerprint density at radius 2 is 1.63 bits per heavy atom. The number of imidazole rings is 1. The van der Waals surface area contributed by atoms with Gasteiger partial charge in [0.1, 0.15) is 5.82 Å². The summed E-state index contributed by atoms with van der Waals surface area (Å²) >= 11 is 0. The molecule has 2 amide bonds. The summed E-state index contributed by atoms with van der Waals surface area (Å²) < 4.78 is 40.6. The smallest absolute Gasteiger partial charge is 0.258 e. The molecule has 6 rings (SSSR count). The number of hydrogen-bond donors (Lipinski definition) is 2. The van der Waals surface area contributed by atoms with Gasteiger partial charge in [-0.25, -0.2) is 4.98 Å². The number of benzene rings is 4. The van der Waals surface area contributed by atoms with Crippen molar-refractivity contribution in [2.75, 3.05) is 16.8 Å². The van der Waals surface area contributed by atoms with Gasteiger partial charge in [0.15, 0.2) is 0 Å². The third kappa shape index (κ3) is 4.37. The molecular formula is C32H26N4O2. The number of carbonyl (C=O) groups excluding carboxylic acids is 2. The topological polar surface area (TPSA) is 78.1 Å². The number of amides is 2. The summed E-state index contributed by atoms with van der Waals surface area (Å²) in [5.41, 5.74) is 4.70. The average molecular weight is 504 g/mol. The average Bonchev–Trinajstić information content (AvgIpc) is 3.32. The number of carbonyl (C=O) groups is 2. The largest absolute Gasteiger partial charge is 0.346 e. The number of nitrogens with zero attached hydrogens (tertiary/aromatic N) is 2. The highest BCUT2D eigenvalue weighted by Gasteiger charge is 2.26. The van der Waals surface area contributed by atoms with Crippen LogP contribution < -0.4 is 10.2 Å². The lowest BCUT2D eigenvalue weighted by Crippen LogP contribution is -2.32. The van der Waals surface area contributed by atoms with Crippen molar-refractivity contribution in [2.24, 2.45) is 0 Å². The van der Waals surface area contributed by atoms with E-state index in [0.29, 0.717) is 24.2 Å². The van der Waals surface area contributed by atoms with Crippen molar-refractivity contribution in [2.45, 2.75) is 13.3 Å². The van der Waals surface area contributed by atoms with E-state index in [1.54, 1.807) is 47.4 Å². The monoisotopic (exact) mass is 503 g/mol. The van der Waals surface area contributed by atoms with Crippen molar-refractivity contribution in [1.82, 2.24) is 9.97 Å². The minimum Gasteiger partial charge on any atom is -0.346 e. The first-order valence-corrected chi connectivity index (χ1v) is 12.2. The lowest BCUT2D eigenvalue weighted by Gasteiger charge is -2.23. The number of aryl methyl sites for hydroxylation is 1. The van der Waals surface area contributed by atoms with Crippen LogP contribution in [-0.4, -0.2) is 28.3 Å². The summed E-state index contributed by atoms with van der Waals surface area (Å²) in [7, 11) is 0. The van der Waals surface area contributed by atoms with Crippen LogP contribution in [0.5, 0.6) is 0 Å². The van der Waals surface area contributed by atoms with Crippen molar-refractivity contribution in [3.05, 3.63) is 126 Å². The van der Waals surface area contributed by atoms with Gasteiger partial charge < -0.3 is 15.2 Å². The second-order valence-electron chi connectivity index (χ2n) is 8.95. The first kappa shape index (κ1) is 18.3. The summed E-state index contributed by atoms with van der Waals surface area (Å²) in [4.78, 5) is 36.7. The fourth-order valence-corrected chi connectivity index (χ4v) is 4.74.